The molecular formula is C11H13F2N. The summed E-state index contributed by atoms with van der Waals surface area (Å²) in [6.07, 6.45) is 1.69. The van der Waals surface area contributed by atoms with Crippen LogP contribution in [0.2, 0.25) is 0 Å². The van der Waals surface area contributed by atoms with Gasteiger partial charge in [0.2, 0.25) is 0 Å². The molecule has 0 spiro atoms. The summed E-state index contributed by atoms with van der Waals surface area (Å²) in [6, 6.07) is 4.39. The lowest BCUT2D eigenvalue weighted by Crippen LogP contribution is -2.11. The number of hydrogen-bond donors (Lipinski definition) is 1. The topological polar surface area (TPSA) is 12.0 Å². The van der Waals surface area contributed by atoms with Crippen molar-refractivity contribution in [3.63, 3.8) is 0 Å². The van der Waals surface area contributed by atoms with Crippen LogP contribution in [0, 0.1) is 17.6 Å². The SMILES string of the molecule is Fc1cccc(CC2CCNC2)c1F. The second-order valence-electron chi connectivity index (χ2n) is 3.78. The van der Waals surface area contributed by atoms with Crippen molar-refractivity contribution in [1.29, 1.82) is 0 Å². The smallest absolute Gasteiger partial charge is 0.162 e. The van der Waals surface area contributed by atoms with E-state index in [2.05, 4.69) is 5.32 Å². The molecule has 1 nitrogen and oxygen atoms in total. The highest BCUT2D eigenvalue weighted by Gasteiger charge is 2.17. The number of nitrogens with one attached hydrogen (secondary N) is 1. The molecule has 1 fully saturated rings. The van der Waals surface area contributed by atoms with Gasteiger partial charge in [0.1, 0.15) is 0 Å². The Balaban J connectivity index is 2.11. The summed E-state index contributed by atoms with van der Waals surface area (Å²) in [5.74, 6) is -0.973. The summed E-state index contributed by atoms with van der Waals surface area (Å²) in [5, 5.41) is 3.21. The van der Waals surface area contributed by atoms with Crippen LogP contribution in [0.1, 0.15) is 12.0 Å². The van der Waals surface area contributed by atoms with E-state index in [0.29, 0.717) is 17.9 Å². The minimum atomic E-state index is -0.742. The quantitative estimate of drug-likeness (QED) is 0.765. The number of halogens is 2. The van der Waals surface area contributed by atoms with Crippen molar-refractivity contribution in [1.82, 2.24) is 5.32 Å². The minimum Gasteiger partial charge on any atom is -0.316 e. The predicted molar refractivity (Wildman–Crippen MR) is 51.0 cm³/mol. The second-order valence-corrected chi connectivity index (χ2v) is 3.78. The van der Waals surface area contributed by atoms with E-state index in [4.69, 9.17) is 0 Å². The fourth-order valence-corrected chi connectivity index (χ4v) is 1.91. The van der Waals surface area contributed by atoms with E-state index in [1.54, 1.807) is 12.1 Å². The van der Waals surface area contributed by atoms with Crippen molar-refractivity contribution < 1.29 is 8.78 Å². The Bertz CT molecular complexity index is 319. The zero-order chi connectivity index (χ0) is 9.97. The molecule has 0 saturated carbocycles. The van der Waals surface area contributed by atoms with Crippen LogP contribution in [0.4, 0.5) is 8.78 Å². The Hall–Kier alpha value is -0.960. The Morgan fingerprint density at radius 1 is 1.36 bits per heavy atom. The van der Waals surface area contributed by atoms with Crippen molar-refractivity contribution in [2.75, 3.05) is 13.1 Å². The van der Waals surface area contributed by atoms with Gasteiger partial charge >= 0.3 is 0 Å². The van der Waals surface area contributed by atoms with Crippen LogP contribution < -0.4 is 5.32 Å². The molecule has 1 saturated heterocycles. The van der Waals surface area contributed by atoms with Crippen molar-refractivity contribution in [3.05, 3.63) is 35.4 Å². The van der Waals surface area contributed by atoms with Crippen LogP contribution >= 0.6 is 0 Å². The summed E-state index contributed by atoms with van der Waals surface area (Å²) >= 11 is 0. The second kappa shape index (κ2) is 4.05. The first-order chi connectivity index (χ1) is 6.77. The number of rotatable bonds is 2. The molecule has 3 heteroatoms. The first-order valence-electron chi connectivity index (χ1n) is 4.91. The van der Waals surface area contributed by atoms with Crippen molar-refractivity contribution in [2.45, 2.75) is 12.8 Å². The van der Waals surface area contributed by atoms with Gasteiger partial charge < -0.3 is 5.32 Å². The van der Waals surface area contributed by atoms with E-state index in [1.807, 2.05) is 0 Å². The maximum Gasteiger partial charge on any atom is 0.162 e. The summed E-state index contributed by atoms with van der Waals surface area (Å²) in [7, 11) is 0. The van der Waals surface area contributed by atoms with E-state index < -0.39 is 11.6 Å². The summed E-state index contributed by atoms with van der Waals surface area (Å²) < 4.78 is 26.1. The van der Waals surface area contributed by atoms with Gasteiger partial charge in [0.05, 0.1) is 0 Å². The molecule has 1 aromatic carbocycles. The molecule has 1 aliphatic heterocycles. The number of hydrogen-bond acceptors (Lipinski definition) is 1. The standard InChI is InChI=1S/C11H13F2N/c12-10-3-1-2-9(11(10)13)6-8-4-5-14-7-8/h1-3,8,14H,4-7H2. The van der Waals surface area contributed by atoms with Gasteiger partial charge in [-0.1, -0.05) is 12.1 Å². The fourth-order valence-electron chi connectivity index (χ4n) is 1.91. The van der Waals surface area contributed by atoms with Gasteiger partial charge in [0.15, 0.2) is 11.6 Å². The first-order valence-corrected chi connectivity index (χ1v) is 4.91. The molecule has 76 valence electrons. The van der Waals surface area contributed by atoms with Crippen LogP contribution in [-0.4, -0.2) is 13.1 Å². The molecule has 1 aromatic rings. The van der Waals surface area contributed by atoms with Gasteiger partial charge in [-0.05, 0) is 43.5 Å². The third-order valence-electron chi connectivity index (χ3n) is 2.70. The average molecular weight is 197 g/mol. The van der Waals surface area contributed by atoms with Crippen LogP contribution in [-0.2, 0) is 6.42 Å². The van der Waals surface area contributed by atoms with Crippen LogP contribution in [0.15, 0.2) is 18.2 Å². The van der Waals surface area contributed by atoms with E-state index >= 15 is 0 Å². The molecule has 0 bridgehead atoms. The molecule has 0 aliphatic carbocycles. The molecule has 1 N–H and O–H groups in total. The zero-order valence-corrected chi connectivity index (χ0v) is 7.89. The van der Waals surface area contributed by atoms with Crippen molar-refractivity contribution >= 4 is 0 Å². The molecule has 0 amide bonds. The molecule has 1 heterocycles. The fraction of sp³-hybridized carbons (Fsp3) is 0.455. The van der Waals surface area contributed by atoms with Gasteiger partial charge in [0.25, 0.3) is 0 Å². The van der Waals surface area contributed by atoms with Gasteiger partial charge in [-0.15, -0.1) is 0 Å². The third kappa shape index (κ3) is 1.93. The summed E-state index contributed by atoms with van der Waals surface area (Å²) in [6.45, 7) is 1.90. The molecule has 1 unspecified atom stereocenters. The van der Waals surface area contributed by atoms with Crippen LogP contribution in [0.5, 0.6) is 0 Å². The molecule has 1 atom stereocenters. The minimum absolute atomic E-state index is 0.450. The highest BCUT2D eigenvalue weighted by atomic mass is 19.2. The number of benzene rings is 1. The third-order valence-corrected chi connectivity index (χ3v) is 2.70. The summed E-state index contributed by atoms with van der Waals surface area (Å²) in [5.41, 5.74) is 0.499. The van der Waals surface area contributed by atoms with Gasteiger partial charge in [-0.25, -0.2) is 8.78 Å². The normalized spacial score (nSPS) is 21.4. The molecule has 0 aromatic heterocycles. The van der Waals surface area contributed by atoms with Crippen molar-refractivity contribution in [2.24, 2.45) is 5.92 Å². The lowest BCUT2D eigenvalue weighted by atomic mass is 9.98. The van der Waals surface area contributed by atoms with E-state index in [1.165, 1.54) is 0 Å². The van der Waals surface area contributed by atoms with Crippen LogP contribution in [0.25, 0.3) is 0 Å². The predicted octanol–water partition coefficient (Wildman–Crippen LogP) is 2.12. The lowest BCUT2D eigenvalue weighted by Gasteiger charge is -2.08. The van der Waals surface area contributed by atoms with Gasteiger partial charge in [-0.3, -0.25) is 0 Å². The monoisotopic (exact) mass is 197 g/mol. The van der Waals surface area contributed by atoms with Gasteiger partial charge in [0, 0.05) is 0 Å². The molecule has 0 radical (unpaired) electrons. The first kappa shape index (κ1) is 9.59. The Labute approximate surface area is 82.1 Å². The zero-order valence-electron chi connectivity index (χ0n) is 7.89. The lowest BCUT2D eigenvalue weighted by molar-refractivity contribution is 0.483. The Morgan fingerprint density at radius 2 is 2.21 bits per heavy atom. The largest absolute Gasteiger partial charge is 0.316 e. The van der Waals surface area contributed by atoms with E-state index in [0.717, 1.165) is 25.6 Å². The molecule has 1 aliphatic rings. The Kier molecular flexibility index (Phi) is 2.77. The Morgan fingerprint density at radius 3 is 2.93 bits per heavy atom. The highest BCUT2D eigenvalue weighted by molar-refractivity contribution is 5.19. The maximum atomic E-state index is 13.3. The molecular weight excluding hydrogens is 184 g/mol. The maximum absolute atomic E-state index is 13.3. The average Bonchev–Trinajstić information content (AvgIpc) is 2.66. The summed E-state index contributed by atoms with van der Waals surface area (Å²) in [4.78, 5) is 0. The van der Waals surface area contributed by atoms with E-state index in [-0.39, 0.29) is 0 Å². The van der Waals surface area contributed by atoms with E-state index in [9.17, 15) is 8.78 Å². The molecule has 2 rings (SSSR count). The highest BCUT2D eigenvalue weighted by Crippen LogP contribution is 2.19. The van der Waals surface area contributed by atoms with Gasteiger partial charge in [-0.2, -0.15) is 0 Å². The van der Waals surface area contributed by atoms with Crippen molar-refractivity contribution in [3.8, 4) is 0 Å². The molecule has 14 heavy (non-hydrogen) atoms. The van der Waals surface area contributed by atoms with Crippen LogP contribution in [0.3, 0.4) is 0 Å².